The molecule has 2 rings (SSSR count). The maximum absolute atomic E-state index is 15.8. The molecule has 8 atom stereocenters. The van der Waals surface area contributed by atoms with Crippen molar-refractivity contribution in [3.05, 3.63) is 108 Å². The van der Waals surface area contributed by atoms with Crippen LogP contribution in [-0.4, -0.2) is 157 Å². The van der Waals surface area contributed by atoms with E-state index in [1.54, 1.807) is 39.1 Å². The fourth-order valence-electron chi connectivity index (χ4n) is 9.25. The first kappa shape index (κ1) is 75.3. The molecule has 3 amide bonds. The highest BCUT2D eigenvalue weighted by atomic mass is 19.1. The number of nitrogens with zero attached hydrogens (tertiary/aromatic N) is 3. The molecule has 0 heterocycles. The molecular weight excluding hydrogens is 1110 g/mol. The molecule has 1 N–H and O–H groups in total. The lowest BCUT2D eigenvalue weighted by atomic mass is 9.86. The lowest BCUT2D eigenvalue weighted by Crippen LogP contribution is -2.54. The maximum atomic E-state index is 15.8. The van der Waals surface area contributed by atoms with Crippen molar-refractivity contribution in [2.75, 3.05) is 34.8 Å². The highest BCUT2D eigenvalue weighted by Crippen LogP contribution is 2.29. The molecule has 0 fully saturated rings. The first-order chi connectivity index (χ1) is 39.5. The Hall–Kier alpha value is -6.76. The molecule has 2 aromatic carbocycles. The molecule has 19 heteroatoms. The molecule has 0 aliphatic carbocycles. The summed E-state index contributed by atoms with van der Waals surface area (Å²) in [6.45, 7) is 34.0. The highest BCUT2D eigenvalue weighted by molar-refractivity contribution is 5.93. The normalized spacial score (nSPS) is 15.1. The van der Waals surface area contributed by atoms with Crippen molar-refractivity contribution in [3.8, 4) is 0 Å². The van der Waals surface area contributed by atoms with E-state index < -0.39 is 120 Å². The molecule has 17 nitrogen and oxygen atoms in total. The summed E-state index contributed by atoms with van der Waals surface area (Å²) in [4.78, 5) is 117. The molecule has 86 heavy (non-hydrogen) atoms. The summed E-state index contributed by atoms with van der Waals surface area (Å²) in [7, 11) is 5.37. The SMILES string of the molecule is C=C/C=C(\C=C)COC(=O)C(C)OC(=O)C(CC(C)(C)F)N(C)C(=O)C(Cc1ccc(C(C)(C)C)cc1)OC(=O)C(CC(C)C)N(C)C(=O)C(C)OC(=O)C(CC(C)(C)F)N(C)C(=O)C(Cc1ccc(C(C)(C)C)cc1)OC(=O)C(CC(C)C)NC. The first-order valence-corrected chi connectivity index (χ1v) is 29.5. The van der Waals surface area contributed by atoms with Crippen molar-refractivity contribution in [3.63, 3.8) is 0 Å². The van der Waals surface area contributed by atoms with Crippen LogP contribution in [0.25, 0.3) is 0 Å². The van der Waals surface area contributed by atoms with Gasteiger partial charge in [-0.3, -0.25) is 19.2 Å². The number of hydrogen-bond donors (Lipinski definition) is 1. The minimum Gasteiger partial charge on any atom is -0.458 e. The fourth-order valence-corrected chi connectivity index (χ4v) is 9.25. The molecule has 0 saturated heterocycles. The quantitative estimate of drug-likeness (QED) is 0.0411. The predicted octanol–water partition coefficient (Wildman–Crippen LogP) is 10.0. The molecule has 0 aromatic heterocycles. The Labute approximate surface area is 511 Å². The van der Waals surface area contributed by atoms with Crippen LogP contribution in [0.4, 0.5) is 8.78 Å². The van der Waals surface area contributed by atoms with Crippen molar-refractivity contribution < 1.29 is 70.8 Å². The molecule has 0 radical (unpaired) electrons. The number of benzene rings is 2. The maximum Gasteiger partial charge on any atom is 0.347 e. The third-order valence-corrected chi connectivity index (χ3v) is 14.4. The van der Waals surface area contributed by atoms with Gasteiger partial charge >= 0.3 is 29.8 Å². The van der Waals surface area contributed by atoms with Gasteiger partial charge in [-0.15, -0.1) is 0 Å². The highest BCUT2D eigenvalue weighted by Gasteiger charge is 2.43. The second kappa shape index (κ2) is 32.8. The molecule has 0 aliphatic rings. The van der Waals surface area contributed by atoms with Crippen molar-refractivity contribution in [2.24, 2.45) is 11.8 Å². The number of esters is 5. The van der Waals surface area contributed by atoms with Gasteiger partial charge in [0.05, 0.1) is 0 Å². The van der Waals surface area contributed by atoms with E-state index in [1.807, 2.05) is 71.0 Å². The van der Waals surface area contributed by atoms with E-state index in [1.165, 1.54) is 74.8 Å². The average molecular weight is 1210 g/mol. The van der Waals surface area contributed by atoms with Crippen molar-refractivity contribution in [1.82, 2.24) is 20.0 Å². The molecule has 0 saturated carbocycles. The van der Waals surface area contributed by atoms with Crippen LogP contribution in [0.2, 0.25) is 0 Å². The van der Waals surface area contributed by atoms with E-state index >= 15 is 8.78 Å². The topological polar surface area (TPSA) is 204 Å². The summed E-state index contributed by atoms with van der Waals surface area (Å²) < 4.78 is 60.0. The number of ether oxygens (including phenoxy) is 5. The number of likely N-dealkylation sites (N-methyl/N-ethyl adjacent to an activating group) is 4. The largest absolute Gasteiger partial charge is 0.458 e. The van der Waals surface area contributed by atoms with Crippen LogP contribution in [0.15, 0.2) is 85.5 Å². The summed E-state index contributed by atoms with van der Waals surface area (Å²) in [5.41, 5.74) is -0.910. The third kappa shape index (κ3) is 24.5. The van der Waals surface area contributed by atoms with Gasteiger partial charge in [0.25, 0.3) is 17.7 Å². The summed E-state index contributed by atoms with van der Waals surface area (Å²) >= 11 is 0. The molecule has 2 aromatic rings. The summed E-state index contributed by atoms with van der Waals surface area (Å²) in [5.74, 6) is -7.89. The van der Waals surface area contributed by atoms with E-state index in [0.29, 0.717) is 23.1 Å². The number of halogens is 2. The van der Waals surface area contributed by atoms with Crippen molar-refractivity contribution in [2.45, 2.75) is 220 Å². The number of alkyl halides is 2. The lowest BCUT2D eigenvalue weighted by Gasteiger charge is -2.35. The van der Waals surface area contributed by atoms with Gasteiger partial charge in [-0.1, -0.05) is 149 Å². The number of hydrogen-bond acceptors (Lipinski definition) is 14. The van der Waals surface area contributed by atoms with E-state index in [9.17, 15) is 38.4 Å². The van der Waals surface area contributed by atoms with Crippen molar-refractivity contribution in [1.29, 1.82) is 0 Å². The van der Waals surface area contributed by atoms with Gasteiger partial charge in [0, 0.05) is 46.8 Å². The predicted molar refractivity (Wildman–Crippen MR) is 329 cm³/mol. The second-order valence-corrected chi connectivity index (χ2v) is 26.4. The van der Waals surface area contributed by atoms with Gasteiger partial charge < -0.3 is 43.7 Å². The van der Waals surface area contributed by atoms with Gasteiger partial charge in [-0.2, -0.15) is 0 Å². The van der Waals surface area contributed by atoms with Crippen LogP contribution < -0.4 is 5.32 Å². The van der Waals surface area contributed by atoms with Crippen LogP contribution >= 0.6 is 0 Å². The Balaban J connectivity index is 2.63. The fraction of sp³-hybridized carbons (Fsp3) is 0.612. The van der Waals surface area contributed by atoms with Crippen LogP contribution in [0.1, 0.15) is 159 Å². The monoisotopic (exact) mass is 1210 g/mol. The minimum atomic E-state index is -2.08. The Morgan fingerprint density at radius 3 is 1.24 bits per heavy atom. The Morgan fingerprint density at radius 1 is 0.523 bits per heavy atom. The smallest absolute Gasteiger partial charge is 0.347 e. The lowest BCUT2D eigenvalue weighted by molar-refractivity contribution is -0.175. The zero-order valence-corrected chi connectivity index (χ0v) is 54.9. The van der Waals surface area contributed by atoms with E-state index in [2.05, 4.69) is 39.2 Å². The van der Waals surface area contributed by atoms with Crippen LogP contribution in [-0.2, 0) is 85.7 Å². The Kier molecular flexibility index (Phi) is 28.8. The van der Waals surface area contributed by atoms with E-state index in [4.69, 9.17) is 23.7 Å². The van der Waals surface area contributed by atoms with Crippen LogP contribution in [0.5, 0.6) is 0 Å². The molecule has 0 aliphatic heterocycles. The van der Waals surface area contributed by atoms with Crippen LogP contribution in [0.3, 0.4) is 0 Å². The summed E-state index contributed by atoms with van der Waals surface area (Å²) in [5, 5.41) is 2.95. The van der Waals surface area contributed by atoms with Gasteiger partial charge in [0.1, 0.15) is 42.1 Å². The second-order valence-electron chi connectivity index (χ2n) is 26.4. The molecule has 480 valence electrons. The number of carbonyl (C=O) groups excluding carboxylic acids is 8. The van der Waals surface area contributed by atoms with Crippen LogP contribution in [0, 0.1) is 11.8 Å². The summed E-state index contributed by atoms with van der Waals surface area (Å²) in [6.07, 6.45) is -3.01. The molecule has 0 spiro atoms. The molecular formula is C67H100F2N4O13. The van der Waals surface area contributed by atoms with Gasteiger partial charge in [0.2, 0.25) is 0 Å². The number of carbonyl (C=O) groups is 8. The zero-order chi connectivity index (χ0) is 66.0. The number of amides is 3. The van der Waals surface area contributed by atoms with Crippen molar-refractivity contribution >= 4 is 47.6 Å². The van der Waals surface area contributed by atoms with Gasteiger partial charge in [-0.05, 0) is 112 Å². The number of rotatable bonds is 32. The van der Waals surface area contributed by atoms with E-state index in [-0.39, 0.29) is 48.5 Å². The Bertz CT molecular complexity index is 2660. The number of nitrogens with one attached hydrogen (secondary N) is 1. The number of allylic oxidation sites excluding steroid dienone is 2. The minimum absolute atomic E-state index is 0.0318. The van der Waals surface area contributed by atoms with Gasteiger partial charge in [-0.25, -0.2) is 28.0 Å². The molecule has 0 bridgehead atoms. The first-order valence-electron chi connectivity index (χ1n) is 29.5. The van der Waals surface area contributed by atoms with E-state index in [0.717, 1.165) is 25.8 Å². The average Bonchev–Trinajstić information content (AvgIpc) is 2.24. The van der Waals surface area contributed by atoms with Gasteiger partial charge in [0.15, 0.2) is 24.4 Å². The molecule has 8 unspecified atom stereocenters. The third-order valence-electron chi connectivity index (χ3n) is 14.4. The standard InChI is InChI=1S/C67H100F2N4O13/c1-23-25-45(24-2)40-82-59(77)44(8)84-63(81)53(39-67(17,18)69)73(22)58(76)55(37-47-28-32-49(33-29-47)65(12,13)14)86-61(79)51(35-42(5)6)71(20)56(74)43(7)83-62(80)52(38-66(15,16)68)72(21)57(75)54(85-60(78)50(70-19)34-41(3)4)36-46-26-30-48(31-27-46)64(9,10)11/h23-33,41-44,50-55,70H,1-2,34-40H2,3-22H3/b45-25+. The zero-order valence-electron chi connectivity index (χ0n) is 54.9. The summed E-state index contributed by atoms with van der Waals surface area (Å²) in [6, 6.07) is 9.18. The Morgan fingerprint density at radius 2 is 0.895 bits per heavy atom.